The Hall–Kier alpha value is -3.49. The van der Waals surface area contributed by atoms with Crippen LogP contribution in [-0.2, 0) is 6.54 Å². The van der Waals surface area contributed by atoms with E-state index >= 15 is 0 Å². The predicted molar refractivity (Wildman–Crippen MR) is 151 cm³/mol. The van der Waals surface area contributed by atoms with E-state index in [0.717, 1.165) is 74.3 Å². The van der Waals surface area contributed by atoms with Crippen molar-refractivity contribution in [2.75, 3.05) is 46.9 Å². The molecule has 0 radical (unpaired) electrons. The number of rotatable bonds is 6. The van der Waals surface area contributed by atoms with Crippen LogP contribution < -0.4 is 9.47 Å². The Labute approximate surface area is 229 Å². The molecule has 2 N–H and O–H groups in total. The van der Waals surface area contributed by atoms with E-state index in [1.807, 2.05) is 12.1 Å². The number of aromatic hydroxyl groups is 2. The summed E-state index contributed by atoms with van der Waals surface area (Å²) in [5.41, 5.74) is 3.45. The standard InChI is InChI=1S/C31H37N3O5/c1-32-10-12-33(13-11-32)14-15-34-25-9-8-22(38-2)18-23(25)24(30(34)20-6-4-3-5-7-20)19-28-31(37)29-26(36)16-21(35)17-27(29)39-28/h8-9,16-20,35-36H,3-7,10-15H2,1-2H3. The first-order valence-corrected chi connectivity index (χ1v) is 14.0. The first-order valence-electron chi connectivity index (χ1n) is 14.0. The fraction of sp³-hybridized carbons (Fsp3) is 0.452. The number of hydrogen-bond donors (Lipinski definition) is 2. The number of fused-ring (bicyclic) bond motifs is 2. The number of piperazine rings is 1. The summed E-state index contributed by atoms with van der Waals surface area (Å²) in [4.78, 5) is 18.3. The molecule has 2 aliphatic heterocycles. The maximum absolute atomic E-state index is 13.4. The van der Waals surface area contributed by atoms with Gasteiger partial charge in [0.1, 0.15) is 28.6 Å². The van der Waals surface area contributed by atoms with Crippen molar-refractivity contribution in [3.63, 3.8) is 0 Å². The molecule has 1 aliphatic carbocycles. The molecule has 39 heavy (non-hydrogen) atoms. The van der Waals surface area contributed by atoms with Crippen LogP contribution in [0.25, 0.3) is 17.0 Å². The number of allylic oxidation sites excluding steroid dienone is 1. The van der Waals surface area contributed by atoms with E-state index in [4.69, 9.17) is 9.47 Å². The molecule has 2 fully saturated rings. The molecule has 8 nitrogen and oxygen atoms in total. The van der Waals surface area contributed by atoms with E-state index in [2.05, 4.69) is 33.5 Å². The second-order valence-corrected chi connectivity index (χ2v) is 11.1. The Morgan fingerprint density at radius 1 is 1.03 bits per heavy atom. The van der Waals surface area contributed by atoms with E-state index < -0.39 is 0 Å². The number of nitrogens with zero attached hydrogens (tertiary/aromatic N) is 3. The van der Waals surface area contributed by atoms with Crippen LogP contribution in [0.15, 0.2) is 36.1 Å². The lowest BCUT2D eigenvalue weighted by atomic mass is 9.85. The van der Waals surface area contributed by atoms with Gasteiger partial charge >= 0.3 is 0 Å². The quantitative estimate of drug-likeness (QED) is 0.434. The molecule has 0 atom stereocenters. The minimum absolute atomic E-state index is 0.0923. The number of phenols is 2. The fourth-order valence-electron chi connectivity index (χ4n) is 6.44. The van der Waals surface area contributed by atoms with Crippen LogP contribution in [0.5, 0.6) is 23.0 Å². The fourth-order valence-corrected chi connectivity index (χ4v) is 6.44. The zero-order chi connectivity index (χ0) is 27.1. The maximum Gasteiger partial charge on any atom is 0.235 e. The Morgan fingerprint density at radius 2 is 1.79 bits per heavy atom. The summed E-state index contributed by atoms with van der Waals surface area (Å²) in [6.07, 6.45) is 7.71. The lowest BCUT2D eigenvalue weighted by Gasteiger charge is -2.33. The zero-order valence-electron chi connectivity index (χ0n) is 22.8. The molecule has 0 amide bonds. The SMILES string of the molecule is COc1ccc2c(c1)c(C=C1Oc3cc(O)cc(O)c3C1=O)c(C1CCCCC1)n2CCN1CCN(C)CC1. The number of methoxy groups -OCH3 is 1. The molecule has 1 saturated carbocycles. The molecule has 2 aromatic carbocycles. The number of carbonyl (C=O) groups is 1. The minimum Gasteiger partial charge on any atom is -0.508 e. The van der Waals surface area contributed by atoms with Gasteiger partial charge in [-0.3, -0.25) is 9.69 Å². The molecule has 0 bridgehead atoms. The maximum atomic E-state index is 13.4. The Balaban J connectivity index is 1.47. The Bertz CT molecular complexity index is 1430. The summed E-state index contributed by atoms with van der Waals surface area (Å²) in [5.74, 6) is 0.683. The van der Waals surface area contributed by atoms with Gasteiger partial charge in [-0.25, -0.2) is 0 Å². The Morgan fingerprint density at radius 3 is 2.54 bits per heavy atom. The number of ketones is 1. The summed E-state index contributed by atoms with van der Waals surface area (Å²) >= 11 is 0. The molecule has 0 spiro atoms. The Kier molecular flexibility index (Phi) is 6.99. The highest BCUT2D eigenvalue weighted by Gasteiger charge is 2.33. The molecule has 206 valence electrons. The van der Waals surface area contributed by atoms with Gasteiger partial charge in [-0.05, 0) is 50.1 Å². The van der Waals surface area contributed by atoms with Gasteiger partial charge < -0.3 is 29.2 Å². The van der Waals surface area contributed by atoms with Crippen molar-refractivity contribution in [1.29, 1.82) is 0 Å². The van der Waals surface area contributed by atoms with Crippen LogP contribution in [-0.4, -0.2) is 77.2 Å². The second kappa shape index (κ2) is 10.6. The summed E-state index contributed by atoms with van der Waals surface area (Å²) in [6, 6.07) is 8.73. The number of benzene rings is 2. The minimum atomic E-state index is -0.377. The third-order valence-corrected chi connectivity index (χ3v) is 8.59. The molecule has 3 aliphatic rings. The van der Waals surface area contributed by atoms with Gasteiger partial charge in [-0.2, -0.15) is 0 Å². The molecule has 1 aromatic heterocycles. The average molecular weight is 532 g/mol. The van der Waals surface area contributed by atoms with E-state index in [-0.39, 0.29) is 34.4 Å². The zero-order valence-corrected chi connectivity index (χ0v) is 22.8. The summed E-state index contributed by atoms with van der Waals surface area (Å²) < 4.78 is 14.0. The van der Waals surface area contributed by atoms with Gasteiger partial charge in [0, 0.05) is 73.6 Å². The lowest BCUT2D eigenvalue weighted by Crippen LogP contribution is -2.45. The molecule has 0 unspecified atom stereocenters. The second-order valence-electron chi connectivity index (χ2n) is 11.1. The van der Waals surface area contributed by atoms with Crippen LogP contribution in [0, 0.1) is 0 Å². The van der Waals surface area contributed by atoms with Crippen molar-refractivity contribution in [2.45, 2.75) is 44.6 Å². The molecule has 1 saturated heterocycles. The molecule has 6 rings (SSSR count). The highest BCUT2D eigenvalue weighted by atomic mass is 16.5. The first-order chi connectivity index (χ1) is 18.9. The van der Waals surface area contributed by atoms with Crippen LogP contribution in [0.3, 0.4) is 0 Å². The molecule has 3 aromatic rings. The number of hydrogen-bond acceptors (Lipinski definition) is 7. The number of Topliss-reactive ketones (excluding diaryl/α,β-unsaturated/α-hetero) is 1. The summed E-state index contributed by atoms with van der Waals surface area (Å²) in [7, 11) is 3.85. The van der Waals surface area contributed by atoms with Crippen molar-refractivity contribution in [3.8, 4) is 23.0 Å². The molecular weight excluding hydrogens is 494 g/mol. The summed E-state index contributed by atoms with van der Waals surface area (Å²) in [5, 5.41) is 21.3. The third-order valence-electron chi connectivity index (χ3n) is 8.59. The topological polar surface area (TPSA) is 87.4 Å². The normalized spacial score (nSPS) is 20.1. The predicted octanol–water partition coefficient (Wildman–Crippen LogP) is 4.97. The monoisotopic (exact) mass is 531 g/mol. The number of ether oxygens (including phenoxy) is 2. The van der Waals surface area contributed by atoms with Crippen LogP contribution in [0.2, 0.25) is 0 Å². The van der Waals surface area contributed by atoms with Gasteiger partial charge in [0.25, 0.3) is 0 Å². The highest BCUT2D eigenvalue weighted by Crippen LogP contribution is 2.44. The van der Waals surface area contributed by atoms with Crippen LogP contribution in [0.1, 0.15) is 59.6 Å². The van der Waals surface area contributed by atoms with Gasteiger partial charge in [-0.1, -0.05) is 19.3 Å². The third kappa shape index (κ3) is 4.87. The largest absolute Gasteiger partial charge is 0.508 e. The highest BCUT2D eigenvalue weighted by molar-refractivity contribution is 6.17. The van der Waals surface area contributed by atoms with Crippen molar-refractivity contribution >= 4 is 22.8 Å². The van der Waals surface area contributed by atoms with Crippen molar-refractivity contribution in [3.05, 3.63) is 52.9 Å². The van der Waals surface area contributed by atoms with Gasteiger partial charge in [0.15, 0.2) is 5.76 Å². The number of phenolic OH excluding ortho intramolecular Hbond substituents is 2. The van der Waals surface area contributed by atoms with Crippen LogP contribution in [0.4, 0.5) is 0 Å². The van der Waals surface area contributed by atoms with E-state index in [1.54, 1.807) is 7.11 Å². The number of likely N-dealkylation sites (N-methyl/N-ethyl adjacent to an activating group) is 1. The van der Waals surface area contributed by atoms with Gasteiger partial charge in [0.05, 0.1) is 7.11 Å². The molecule has 3 heterocycles. The lowest BCUT2D eigenvalue weighted by molar-refractivity contribution is 0.101. The van der Waals surface area contributed by atoms with Crippen LogP contribution >= 0.6 is 0 Å². The van der Waals surface area contributed by atoms with Crippen molar-refractivity contribution < 1.29 is 24.5 Å². The summed E-state index contributed by atoms with van der Waals surface area (Å²) in [6.45, 7) is 6.13. The van der Waals surface area contributed by atoms with Crippen molar-refractivity contribution in [1.82, 2.24) is 14.4 Å². The van der Waals surface area contributed by atoms with E-state index in [1.165, 1.54) is 37.1 Å². The number of carbonyl (C=O) groups excluding carboxylic acids is 1. The smallest absolute Gasteiger partial charge is 0.235 e. The molecular formula is C31H37N3O5. The first kappa shape index (κ1) is 25.8. The van der Waals surface area contributed by atoms with E-state index in [9.17, 15) is 15.0 Å². The van der Waals surface area contributed by atoms with Crippen molar-refractivity contribution in [2.24, 2.45) is 0 Å². The van der Waals surface area contributed by atoms with Gasteiger partial charge in [-0.15, -0.1) is 0 Å². The number of aromatic nitrogens is 1. The van der Waals surface area contributed by atoms with Gasteiger partial charge in [0.2, 0.25) is 5.78 Å². The average Bonchev–Trinajstić information content (AvgIpc) is 3.42. The van der Waals surface area contributed by atoms with E-state index in [0.29, 0.717) is 5.92 Å². The molecule has 8 heteroatoms.